The lowest BCUT2D eigenvalue weighted by molar-refractivity contribution is 0.0775. The van der Waals surface area contributed by atoms with Crippen molar-refractivity contribution in [1.29, 1.82) is 0 Å². The van der Waals surface area contributed by atoms with Crippen molar-refractivity contribution in [3.8, 4) is 21.7 Å². The summed E-state index contributed by atoms with van der Waals surface area (Å²) in [5.74, 6) is 0.0967. The van der Waals surface area contributed by atoms with Crippen molar-refractivity contribution in [3.05, 3.63) is 57.8 Å². The fraction of sp³-hybridized carbons (Fsp3) is 0.273. The Balaban J connectivity index is 1.61. The Hall–Kier alpha value is -2.33. The van der Waals surface area contributed by atoms with Crippen LogP contribution < -0.4 is 5.14 Å². The van der Waals surface area contributed by atoms with E-state index in [4.69, 9.17) is 16.7 Å². The van der Waals surface area contributed by atoms with E-state index in [1.165, 1.54) is 23.8 Å². The summed E-state index contributed by atoms with van der Waals surface area (Å²) < 4.78 is 37.8. The predicted molar refractivity (Wildman–Crippen MR) is 122 cm³/mol. The van der Waals surface area contributed by atoms with E-state index in [2.05, 4.69) is 4.98 Å². The molecule has 1 aliphatic heterocycles. The molecule has 1 aliphatic carbocycles. The number of carbonyl (C=O) groups excluding carboxylic acids is 1. The molecular formula is C22H19ClFN3O3S2. The second kappa shape index (κ2) is 7.62. The van der Waals surface area contributed by atoms with Gasteiger partial charge in [-0.25, -0.2) is 22.9 Å². The number of thiazole rings is 1. The molecule has 1 saturated heterocycles. The van der Waals surface area contributed by atoms with E-state index in [-0.39, 0.29) is 5.91 Å². The molecular weight excluding hydrogens is 473 g/mol. The molecule has 2 heterocycles. The zero-order chi connectivity index (χ0) is 22.8. The fourth-order valence-electron chi connectivity index (χ4n) is 4.17. The normalized spacial score (nSPS) is 19.8. The summed E-state index contributed by atoms with van der Waals surface area (Å²) in [5.41, 5.74) is 2.51. The van der Waals surface area contributed by atoms with Crippen LogP contribution in [0.4, 0.5) is 4.39 Å². The lowest BCUT2D eigenvalue weighted by Crippen LogP contribution is -2.30. The standard InChI is InChI=1S/C22H19ClFN3O3S2/c1-11-6-12(2-4-16(11)23)19-20(13-3-5-18(17(24)8-13)32(25,29)30)31-21(26-19)22(28)27-9-14-7-15(14)10-27/h2-6,8,14-15H,7,9-10H2,1H3,(H2,25,29,30). The average molecular weight is 492 g/mol. The van der Waals surface area contributed by atoms with Gasteiger partial charge in [0.25, 0.3) is 5.91 Å². The first kappa shape index (κ1) is 21.5. The molecule has 5 rings (SSSR count). The zero-order valence-electron chi connectivity index (χ0n) is 17.0. The maximum atomic E-state index is 14.6. The van der Waals surface area contributed by atoms with Crippen molar-refractivity contribution in [3.63, 3.8) is 0 Å². The molecule has 2 aromatic carbocycles. The molecule has 2 N–H and O–H groups in total. The van der Waals surface area contributed by atoms with E-state index in [1.54, 1.807) is 12.1 Å². The summed E-state index contributed by atoms with van der Waals surface area (Å²) in [5, 5.41) is 6.00. The van der Waals surface area contributed by atoms with Gasteiger partial charge in [-0.2, -0.15) is 0 Å². The van der Waals surface area contributed by atoms with Crippen molar-refractivity contribution in [2.24, 2.45) is 17.0 Å². The van der Waals surface area contributed by atoms with Gasteiger partial charge >= 0.3 is 0 Å². The van der Waals surface area contributed by atoms with Gasteiger partial charge in [-0.05, 0) is 60.6 Å². The molecule has 2 atom stereocenters. The van der Waals surface area contributed by atoms with Crippen LogP contribution in [-0.4, -0.2) is 37.3 Å². The number of sulfonamides is 1. The van der Waals surface area contributed by atoms with E-state index in [0.29, 0.717) is 38.0 Å². The summed E-state index contributed by atoms with van der Waals surface area (Å²) in [7, 11) is -4.19. The number of rotatable bonds is 4. The summed E-state index contributed by atoms with van der Waals surface area (Å²) in [6.45, 7) is 3.35. The van der Waals surface area contributed by atoms with Gasteiger partial charge in [0.2, 0.25) is 10.0 Å². The number of fused-ring (bicyclic) bond motifs is 1. The SMILES string of the molecule is Cc1cc(-c2nc(C(=O)N3CC4CC4C3)sc2-c2ccc(S(N)(=O)=O)c(F)c2)ccc1Cl. The Labute approximate surface area is 193 Å². The monoisotopic (exact) mass is 491 g/mol. The number of hydrogen-bond acceptors (Lipinski definition) is 5. The maximum Gasteiger partial charge on any atom is 0.282 e. The third-order valence-electron chi connectivity index (χ3n) is 6.01. The average Bonchev–Trinajstić information content (AvgIpc) is 3.13. The second-order valence-corrected chi connectivity index (χ2v) is 11.3. The van der Waals surface area contributed by atoms with Crippen LogP contribution in [0, 0.1) is 24.6 Å². The minimum atomic E-state index is -4.19. The molecule has 0 radical (unpaired) electrons. The van der Waals surface area contributed by atoms with Gasteiger partial charge < -0.3 is 4.90 Å². The third-order valence-corrected chi connectivity index (χ3v) is 8.47. The summed E-state index contributed by atoms with van der Waals surface area (Å²) in [6, 6.07) is 9.11. The number of hydrogen-bond donors (Lipinski definition) is 1. The minimum absolute atomic E-state index is 0.137. The smallest absolute Gasteiger partial charge is 0.282 e. The number of amides is 1. The van der Waals surface area contributed by atoms with E-state index >= 15 is 0 Å². The first-order valence-electron chi connectivity index (χ1n) is 10.0. The van der Waals surface area contributed by atoms with Gasteiger partial charge in [-0.15, -0.1) is 11.3 Å². The van der Waals surface area contributed by atoms with Crippen LogP contribution in [0.1, 0.15) is 21.8 Å². The molecule has 2 unspecified atom stereocenters. The molecule has 0 spiro atoms. The molecule has 1 saturated carbocycles. The molecule has 10 heteroatoms. The van der Waals surface area contributed by atoms with Gasteiger partial charge in [0.1, 0.15) is 10.7 Å². The highest BCUT2D eigenvalue weighted by Crippen LogP contribution is 2.46. The summed E-state index contributed by atoms with van der Waals surface area (Å²) in [4.78, 5) is 19.5. The number of halogens is 2. The van der Waals surface area contributed by atoms with Crippen molar-refractivity contribution in [2.75, 3.05) is 13.1 Å². The molecule has 6 nitrogen and oxygen atoms in total. The van der Waals surface area contributed by atoms with Gasteiger partial charge in [-0.1, -0.05) is 23.7 Å². The molecule has 1 amide bonds. The Morgan fingerprint density at radius 3 is 2.50 bits per heavy atom. The van der Waals surface area contributed by atoms with Gasteiger partial charge in [-0.3, -0.25) is 4.79 Å². The highest BCUT2D eigenvalue weighted by molar-refractivity contribution is 7.89. The molecule has 2 fully saturated rings. The molecule has 1 aromatic heterocycles. The number of aryl methyl sites for hydroxylation is 1. The largest absolute Gasteiger partial charge is 0.336 e. The number of carbonyl (C=O) groups is 1. The number of piperidine rings is 1. The number of nitrogens with two attached hydrogens (primary N) is 1. The highest BCUT2D eigenvalue weighted by Gasteiger charge is 2.47. The van der Waals surface area contributed by atoms with Crippen LogP contribution in [0.2, 0.25) is 5.02 Å². The second-order valence-electron chi connectivity index (χ2n) is 8.32. The topological polar surface area (TPSA) is 93.4 Å². The number of likely N-dealkylation sites (tertiary alicyclic amines) is 1. The van der Waals surface area contributed by atoms with Gasteiger partial charge in [0.05, 0.1) is 10.6 Å². The molecule has 3 aromatic rings. The van der Waals surface area contributed by atoms with Crippen LogP contribution in [-0.2, 0) is 10.0 Å². The molecule has 0 bridgehead atoms. The Morgan fingerprint density at radius 1 is 1.19 bits per heavy atom. The van der Waals surface area contributed by atoms with E-state index in [1.807, 2.05) is 17.9 Å². The van der Waals surface area contributed by atoms with Crippen LogP contribution >= 0.6 is 22.9 Å². The van der Waals surface area contributed by atoms with Crippen LogP contribution in [0.3, 0.4) is 0 Å². The Morgan fingerprint density at radius 2 is 1.88 bits per heavy atom. The fourth-order valence-corrected chi connectivity index (χ4v) is 5.92. The van der Waals surface area contributed by atoms with Crippen molar-refractivity contribution in [1.82, 2.24) is 9.88 Å². The Kier molecular flexibility index (Phi) is 5.12. The summed E-state index contributed by atoms with van der Waals surface area (Å²) >= 11 is 7.34. The first-order chi connectivity index (χ1) is 15.1. The van der Waals surface area contributed by atoms with Crippen LogP contribution in [0.25, 0.3) is 21.7 Å². The van der Waals surface area contributed by atoms with E-state index in [0.717, 1.165) is 36.3 Å². The summed E-state index contributed by atoms with van der Waals surface area (Å²) in [6.07, 6.45) is 1.18. The lowest BCUT2D eigenvalue weighted by Gasteiger charge is -2.15. The van der Waals surface area contributed by atoms with Crippen molar-refractivity contribution >= 4 is 38.9 Å². The van der Waals surface area contributed by atoms with E-state index < -0.39 is 20.7 Å². The number of nitrogens with zero attached hydrogens (tertiary/aromatic N) is 2. The quantitative estimate of drug-likeness (QED) is 0.588. The minimum Gasteiger partial charge on any atom is -0.336 e. The molecule has 166 valence electrons. The van der Waals surface area contributed by atoms with Gasteiger partial charge in [0.15, 0.2) is 5.01 Å². The molecule has 2 aliphatic rings. The van der Waals surface area contributed by atoms with Gasteiger partial charge in [0, 0.05) is 23.7 Å². The zero-order valence-corrected chi connectivity index (χ0v) is 19.4. The highest BCUT2D eigenvalue weighted by atomic mass is 35.5. The maximum absolute atomic E-state index is 14.6. The molecule has 32 heavy (non-hydrogen) atoms. The predicted octanol–water partition coefficient (Wildman–Crippen LogP) is 4.32. The van der Waals surface area contributed by atoms with E-state index in [9.17, 15) is 17.6 Å². The lowest BCUT2D eigenvalue weighted by atomic mass is 10.0. The number of benzene rings is 2. The Bertz CT molecular complexity index is 1360. The first-order valence-corrected chi connectivity index (χ1v) is 12.7. The number of primary sulfonamides is 1. The van der Waals surface area contributed by atoms with Crippen LogP contribution in [0.15, 0.2) is 41.3 Å². The van der Waals surface area contributed by atoms with Crippen molar-refractivity contribution < 1.29 is 17.6 Å². The third kappa shape index (κ3) is 3.83. The van der Waals surface area contributed by atoms with Crippen molar-refractivity contribution in [2.45, 2.75) is 18.2 Å². The number of aromatic nitrogens is 1. The van der Waals surface area contributed by atoms with Crippen LogP contribution in [0.5, 0.6) is 0 Å².